The monoisotopic (exact) mass is 286 g/mol. The fraction of sp³-hybridized carbons (Fsp3) is 0.538. The quantitative estimate of drug-likeness (QED) is 0.682. The molecule has 1 aromatic rings. The highest BCUT2D eigenvalue weighted by Gasteiger charge is 2.23. The third-order valence-corrected chi connectivity index (χ3v) is 4.25. The summed E-state index contributed by atoms with van der Waals surface area (Å²) in [5.74, 6) is 0. The Hall–Kier alpha value is -0.710. The van der Waals surface area contributed by atoms with E-state index < -0.39 is 7.75 Å². The molecule has 1 atom stereocenters. The highest BCUT2D eigenvalue weighted by Crippen LogP contribution is 2.43. The zero-order valence-corrected chi connectivity index (χ0v) is 12.4. The van der Waals surface area contributed by atoms with Crippen molar-refractivity contribution in [2.24, 2.45) is 5.73 Å². The number of rotatable bonds is 9. The second-order valence-corrected chi connectivity index (χ2v) is 5.97. The van der Waals surface area contributed by atoms with Crippen LogP contribution in [0.2, 0.25) is 0 Å². The van der Waals surface area contributed by atoms with Crippen LogP contribution in [-0.4, -0.2) is 25.8 Å². The first-order chi connectivity index (χ1) is 9.09. The van der Waals surface area contributed by atoms with Gasteiger partial charge in [-0.1, -0.05) is 30.3 Å². The van der Waals surface area contributed by atoms with Crippen LogP contribution in [0.5, 0.6) is 0 Å². The van der Waals surface area contributed by atoms with Gasteiger partial charge in [-0.05, 0) is 25.8 Å². The zero-order valence-electron chi connectivity index (χ0n) is 11.5. The molecule has 0 aliphatic rings. The second kappa shape index (κ2) is 8.46. The fourth-order valence-corrected chi connectivity index (χ4v) is 3.08. The lowest BCUT2D eigenvalue weighted by molar-refractivity contribution is 0.210. The van der Waals surface area contributed by atoms with Gasteiger partial charge in [-0.25, -0.2) is 9.65 Å². The van der Waals surface area contributed by atoms with E-state index >= 15 is 0 Å². The van der Waals surface area contributed by atoms with Gasteiger partial charge in [-0.15, -0.1) is 0 Å². The van der Waals surface area contributed by atoms with Crippen LogP contribution < -0.4 is 10.8 Å². The summed E-state index contributed by atoms with van der Waals surface area (Å²) in [5, 5.41) is 2.80. The highest BCUT2D eigenvalue weighted by atomic mass is 31.2. The Balaban J connectivity index is 2.43. The van der Waals surface area contributed by atoms with Gasteiger partial charge < -0.3 is 5.73 Å². The third-order valence-electron chi connectivity index (χ3n) is 2.49. The lowest BCUT2D eigenvalue weighted by atomic mass is 10.1. The molecule has 0 unspecified atom stereocenters. The minimum absolute atomic E-state index is 0.142. The van der Waals surface area contributed by atoms with Crippen LogP contribution in [0, 0.1) is 0 Å². The van der Waals surface area contributed by atoms with Crippen molar-refractivity contribution in [3.8, 4) is 0 Å². The van der Waals surface area contributed by atoms with Gasteiger partial charge in [0, 0.05) is 12.6 Å². The number of nitrogens with two attached hydrogens (primary N) is 1. The van der Waals surface area contributed by atoms with Crippen molar-refractivity contribution >= 4 is 7.75 Å². The second-order valence-electron chi connectivity index (χ2n) is 4.15. The number of hydrogen-bond donors (Lipinski definition) is 2. The van der Waals surface area contributed by atoms with Crippen LogP contribution in [0.3, 0.4) is 0 Å². The van der Waals surface area contributed by atoms with Crippen molar-refractivity contribution in [1.82, 2.24) is 5.09 Å². The maximum Gasteiger partial charge on any atom is 0.405 e. The van der Waals surface area contributed by atoms with E-state index in [9.17, 15) is 4.57 Å². The van der Waals surface area contributed by atoms with Crippen molar-refractivity contribution in [2.75, 3.05) is 19.8 Å². The normalized spacial score (nSPS) is 13.4. The summed E-state index contributed by atoms with van der Waals surface area (Å²) in [6.07, 6.45) is 0.714. The maximum absolute atomic E-state index is 12.2. The van der Waals surface area contributed by atoms with E-state index in [1.807, 2.05) is 30.3 Å². The van der Waals surface area contributed by atoms with Gasteiger partial charge in [0.1, 0.15) is 0 Å². The first kappa shape index (κ1) is 16.3. The molecule has 3 N–H and O–H groups in total. The average molecular weight is 286 g/mol. The smallest absolute Gasteiger partial charge is 0.326 e. The molecule has 0 fully saturated rings. The van der Waals surface area contributed by atoms with Crippen LogP contribution in [-0.2, 0) is 20.0 Å². The molecule has 19 heavy (non-hydrogen) atoms. The third kappa shape index (κ3) is 6.32. The summed E-state index contributed by atoms with van der Waals surface area (Å²) in [7, 11) is -3.21. The highest BCUT2D eigenvalue weighted by molar-refractivity contribution is 7.51. The van der Waals surface area contributed by atoms with Crippen LogP contribution >= 0.6 is 7.75 Å². The molecule has 1 aromatic carbocycles. The fourth-order valence-electron chi connectivity index (χ4n) is 1.69. The average Bonchev–Trinajstić information content (AvgIpc) is 2.38. The van der Waals surface area contributed by atoms with Crippen molar-refractivity contribution in [3.05, 3.63) is 35.9 Å². The first-order valence-electron chi connectivity index (χ1n) is 6.53. The summed E-state index contributed by atoms with van der Waals surface area (Å²) in [5.41, 5.74) is 7.16. The van der Waals surface area contributed by atoms with Crippen molar-refractivity contribution in [1.29, 1.82) is 0 Å². The predicted molar refractivity (Wildman–Crippen MR) is 77.0 cm³/mol. The van der Waals surface area contributed by atoms with Crippen LogP contribution in [0.1, 0.15) is 19.4 Å². The molecule has 0 heterocycles. The Morgan fingerprint density at radius 1 is 1.21 bits per heavy atom. The Kier molecular flexibility index (Phi) is 7.28. The van der Waals surface area contributed by atoms with E-state index in [-0.39, 0.29) is 6.04 Å². The largest absolute Gasteiger partial charge is 0.405 e. The number of hydrogen-bond acceptors (Lipinski definition) is 4. The summed E-state index contributed by atoms with van der Waals surface area (Å²) in [6, 6.07) is 9.80. The SMILES string of the molecule is CCOP(=O)(NC[C@H](N)Cc1ccccc1)OCC. The summed E-state index contributed by atoms with van der Waals surface area (Å²) < 4.78 is 22.4. The molecule has 108 valence electrons. The standard InChI is InChI=1S/C13H23N2O3P/c1-3-17-19(16,18-4-2)15-11-13(14)10-12-8-6-5-7-9-12/h5-9,13H,3-4,10-11,14H2,1-2H3,(H,15,16)/t13-/m1/s1. The van der Waals surface area contributed by atoms with E-state index in [0.29, 0.717) is 26.2 Å². The maximum atomic E-state index is 12.2. The number of benzene rings is 1. The molecule has 0 bridgehead atoms. The minimum Gasteiger partial charge on any atom is -0.326 e. The van der Waals surface area contributed by atoms with Crippen molar-refractivity contribution in [3.63, 3.8) is 0 Å². The molecule has 0 aliphatic heterocycles. The van der Waals surface area contributed by atoms with E-state index in [1.165, 1.54) is 0 Å². The Bertz CT molecular complexity index is 390. The molecule has 0 aliphatic carbocycles. The van der Waals surface area contributed by atoms with Gasteiger partial charge in [-0.2, -0.15) is 0 Å². The van der Waals surface area contributed by atoms with Crippen molar-refractivity contribution < 1.29 is 13.6 Å². The molecule has 0 spiro atoms. The van der Waals surface area contributed by atoms with Crippen molar-refractivity contribution in [2.45, 2.75) is 26.3 Å². The van der Waals surface area contributed by atoms with E-state index in [2.05, 4.69) is 5.09 Å². The van der Waals surface area contributed by atoms with Gasteiger partial charge in [0.2, 0.25) is 0 Å². The van der Waals surface area contributed by atoms with Gasteiger partial charge >= 0.3 is 7.75 Å². The van der Waals surface area contributed by atoms with Crippen LogP contribution in [0.15, 0.2) is 30.3 Å². The topological polar surface area (TPSA) is 73.6 Å². The summed E-state index contributed by atoms with van der Waals surface area (Å²) >= 11 is 0. The Morgan fingerprint density at radius 2 is 1.79 bits per heavy atom. The molecular weight excluding hydrogens is 263 g/mol. The van der Waals surface area contributed by atoms with Crippen LogP contribution in [0.25, 0.3) is 0 Å². The zero-order chi connectivity index (χ0) is 14.1. The molecule has 0 aromatic heterocycles. The van der Waals surface area contributed by atoms with E-state index in [1.54, 1.807) is 13.8 Å². The molecule has 5 nitrogen and oxygen atoms in total. The van der Waals surface area contributed by atoms with E-state index in [0.717, 1.165) is 5.56 Å². The van der Waals surface area contributed by atoms with Gasteiger partial charge in [-0.3, -0.25) is 9.05 Å². The molecule has 0 amide bonds. The summed E-state index contributed by atoms with van der Waals surface area (Å²) in [4.78, 5) is 0. The molecule has 1 rings (SSSR count). The molecule has 0 saturated carbocycles. The molecule has 0 saturated heterocycles. The first-order valence-corrected chi connectivity index (χ1v) is 8.07. The lowest BCUT2D eigenvalue weighted by Crippen LogP contribution is -2.35. The number of nitrogens with one attached hydrogen (secondary N) is 1. The Morgan fingerprint density at radius 3 is 2.32 bits per heavy atom. The Labute approximate surface area is 115 Å². The minimum atomic E-state index is -3.21. The summed E-state index contributed by atoms with van der Waals surface area (Å²) in [6.45, 7) is 4.59. The predicted octanol–water partition coefficient (Wildman–Crippen LogP) is 2.33. The lowest BCUT2D eigenvalue weighted by Gasteiger charge is -2.20. The van der Waals surface area contributed by atoms with Gasteiger partial charge in [0.05, 0.1) is 13.2 Å². The van der Waals surface area contributed by atoms with Gasteiger partial charge in [0.15, 0.2) is 0 Å². The molecule has 0 radical (unpaired) electrons. The van der Waals surface area contributed by atoms with Gasteiger partial charge in [0.25, 0.3) is 0 Å². The van der Waals surface area contributed by atoms with E-state index in [4.69, 9.17) is 14.8 Å². The van der Waals surface area contributed by atoms with Crippen LogP contribution in [0.4, 0.5) is 0 Å². The molecule has 6 heteroatoms. The molecular formula is C13H23N2O3P.